The van der Waals surface area contributed by atoms with Crippen LogP contribution < -0.4 is 9.47 Å². The van der Waals surface area contributed by atoms with E-state index in [2.05, 4.69) is 20.3 Å². The van der Waals surface area contributed by atoms with Crippen LogP contribution in [0.3, 0.4) is 0 Å². The van der Waals surface area contributed by atoms with Crippen molar-refractivity contribution in [2.75, 3.05) is 14.2 Å². The third-order valence-corrected chi connectivity index (χ3v) is 5.06. The number of furan rings is 1. The fraction of sp³-hybridized carbons (Fsp3) is 0.174. The van der Waals surface area contributed by atoms with Crippen LogP contribution in [0.5, 0.6) is 11.5 Å². The number of aryl methyl sites for hydroxylation is 1. The van der Waals surface area contributed by atoms with E-state index >= 15 is 0 Å². The van der Waals surface area contributed by atoms with E-state index in [9.17, 15) is 4.79 Å². The van der Waals surface area contributed by atoms with E-state index in [-0.39, 0.29) is 29.6 Å². The minimum Gasteiger partial charge on any atom is -0.497 e. The molecule has 0 radical (unpaired) electrons. The second-order valence-corrected chi connectivity index (χ2v) is 7.13. The number of esters is 1. The van der Waals surface area contributed by atoms with Gasteiger partial charge in [-0.1, -0.05) is 10.3 Å². The van der Waals surface area contributed by atoms with Crippen molar-refractivity contribution >= 4 is 17.1 Å². The standard InChI is InChI=1S/C23H18N4O7/c1-12-20-15(10-16(17-5-4-8-31-17)24-22(20)34-26-12)23(28)32-11-19-25-21(27-33-19)14-7-6-13(29-2)9-18(14)30-3/h4-10H,11H2,1-3H3. The van der Waals surface area contributed by atoms with Crippen LogP contribution in [0.2, 0.25) is 0 Å². The van der Waals surface area contributed by atoms with Crippen LogP contribution in [0.25, 0.3) is 33.9 Å². The number of nitrogens with zero attached hydrogens (tertiary/aromatic N) is 4. The first-order valence-corrected chi connectivity index (χ1v) is 10.1. The molecule has 34 heavy (non-hydrogen) atoms. The molecule has 0 saturated heterocycles. The van der Waals surface area contributed by atoms with Gasteiger partial charge in [0, 0.05) is 6.07 Å². The van der Waals surface area contributed by atoms with Crippen molar-refractivity contribution in [3.8, 4) is 34.3 Å². The van der Waals surface area contributed by atoms with Crippen molar-refractivity contribution in [2.24, 2.45) is 0 Å². The second-order valence-electron chi connectivity index (χ2n) is 7.13. The summed E-state index contributed by atoms with van der Waals surface area (Å²) in [6.45, 7) is 1.47. The van der Waals surface area contributed by atoms with Gasteiger partial charge in [-0.05, 0) is 37.3 Å². The van der Waals surface area contributed by atoms with Crippen LogP contribution in [0.1, 0.15) is 21.9 Å². The summed E-state index contributed by atoms with van der Waals surface area (Å²) >= 11 is 0. The molecule has 0 aliphatic heterocycles. The molecular weight excluding hydrogens is 444 g/mol. The second kappa shape index (κ2) is 8.70. The van der Waals surface area contributed by atoms with Crippen LogP contribution in [0, 0.1) is 6.92 Å². The number of hydrogen-bond acceptors (Lipinski definition) is 11. The van der Waals surface area contributed by atoms with Gasteiger partial charge in [0.25, 0.3) is 11.6 Å². The van der Waals surface area contributed by atoms with E-state index in [0.29, 0.717) is 39.6 Å². The molecule has 5 aromatic rings. The van der Waals surface area contributed by atoms with E-state index < -0.39 is 5.97 Å². The fourth-order valence-electron chi connectivity index (χ4n) is 3.42. The zero-order valence-electron chi connectivity index (χ0n) is 18.4. The molecule has 0 atom stereocenters. The number of benzene rings is 1. The van der Waals surface area contributed by atoms with Gasteiger partial charge < -0.3 is 27.7 Å². The zero-order valence-corrected chi connectivity index (χ0v) is 18.4. The van der Waals surface area contributed by atoms with Crippen molar-refractivity contribution < 1.29 is 32.5 Å². The number of ether oxygens (including phenoxy) is 3. The predicted octanol–water partition coefficient (Wildman–Crippen LogP) is 4.22. The highest BCUT2D eigenvalue weighted by molar-refractivity contribution is 6.04. The minimum absolute atomic E-state index is 0.111. The van der Waals surface area contributed by atoms with Gasteiger partial charge in [-0.25, -0.2) is 9.78 Å². The summed E-state index contributed by atoms with van der Waals surface area (Å²) in [7, 11) is 3.09. The maximum atomic E-state index is 13.0. The molecule has 172 valence electrons. The van der Waals surface area contributed by atoms with Crippen molar-refractivity contribution in [2.45, 2.75) is 13.5 Å². The Hall–Kier alpha value is -4.67. The van der Waals surface area contributed by atoms with Gasteiger partial charge in [0.15, 0.2) is 12.4 Å². The quantitative estimate of drug-likeness (QED) is 0.322. The van der Waals surface area contributed by atoms with Crippen molar-refractivity contribution in [1.82, 2.24) is 20.3 Å². The van der Waals surface area contributed by atoms with Crippen molar-refractivity contribution in [3.63, 3.8) is 0 Å². The molecule has 11 heteroatoms. The molecular formula is C23H18N4O7. The van der Waals surface area contributed by atoms with E-state index in [1.807, 2.05) is 0 Å². The third kappa shape index (κ3) is 3.83. The first-order valence-electron chi connectivity index (χ1n) is 10.1. The number of aromatic nitrogens is 4. The average molecular weight is 462 g/mol. The van der Waals surface area contributed by atoms with E-state index in [1.165, 1.54) is 13.4 Å². The summed E-state index contributed by atoms with van der Waals surface area (Å²) in [5, 5.41) is 8.32. The zero-order chi connectivity index (χ0) is 23.7. The van der Waals surface area contributed by atoms with Gasteiger partial charge in [-0.15, -0.1) is 0 Å². The number of rotatable bonds is 7. The molecule has 0 bridgehead atoms. The predicted molar refractivity (Wildman–Crippen MR) is 116 cm³/mol. The lowest BCUT2D eigenvalue weighted by Crippen LogP contribution is -2.07. The van der Waals surface area contributed by atoms with Crippen LogP contribution >= 0.6 is 0 Å². The maximum absolute atomic E-state index is 13.0. The molecule has 0 spiro atoms. The Labute approximate surface area is 192 Å². The Kier molecular flexibility index (Phi) is 5.42. The molecule has 4 aromatic heterocycles. The molecule has 0 unspecified atom stereocenters. The Bertz CT molecular complexity index is 1470. The van der Waals surface area contributed by atoms with Crippen LogP contribution in [-0.2, 0) is 11.3 Å². The summed E-state index contributed by atoms with van der Waals surface area (Å²) in [6, 6.07) is 10.2. The molecule has 0 aliphatic rings. The summed E-state index contributed by atoms with van der Waals surface area (Å²) in [6.07, 6.45) is 1.51. The van der Waals surface area contributed by atoms with E-state index in [0.717, 1.165) is 0 Å². The molecule has 0 aliphatic carbocycles. The Morgan fingerprint density at radius 3 is 2.68 bits per heavy atom. The molecule has 0 N–H and O–H groups in total. The lowest BCUT2D eigenvalue weighted by atomic mass is 10.1. The van der Waals surface area contributed by atoms with Crippen molar-refractivity contribution in [1.29, 1.82) is 0 Å². The van der Waals surface area contributed by atoms with E-state index in [4.69, 9.17) is 27.7 Å². The molecule has 0 saturated carbocycles. The Morgan fingerprint density at radius 1 is 1.03 bits per heavy atom. The Morgan fingerprint density at radius 2 is 1.91 bits per heavy atom. The molecule has 0 amide bonds. The van der Waals surface area contributed by atoms with Gasteiger partial charge in [0.1, 0.15) is 17.2 Å². The smallest absolute Gasteiger partial charge is 0.339 e. The average Bonchev–Trinajstić information content (AvgIpc) is 3.63. The highest BCUT2D eigenvalue weighted by Crippen LogP contribution is 2.32. The lowest BCUT2D eigenvalue weighted by molar-refractivity contribution is 0.0432. The highest BCUT2D eigenvalue weighted by Gasteiger charge is 2.22. The lowest BCUT2D eigenvalue weighted by Gasteiger charge is -2.07. The largest absolute Gasteiger partial charge is 0.497 e. The van der Waals surface area contributed by atoms with Gasteiger partial charge in [-0.2, -0.15) is 4.98 Å². The molecule has 5 rings (SSSR count). The summed E-state index contributed by atoms with van der Waals surface area (Å²) in [5.74, 6) is 1.37. The minimum atomic E-state index is -0.631. The first-order chi connectivity index (χ1) is 16.6. The molecule has 1 aromatic carbocycles. The fourth-order valence-corrected chi connectivity index (χ4v) is 3.42. The van der Waals surface area contributed by atoms with E-state index in [1.54, 1.807) is 50.4 Å². The number of pyridine rings is 1. The summed E-state index contributed by atoms with van der Waals surface area (Å²) in [4.78, 5) is 21.7. The SMILES string of the molecule is COc1ccc(-c2noc(COC(=O)c3cc(-c4ccco4)nc4onc(C)c34)n2)c(OC)c1. The molecule has 11 nitrogen and oxygen atoms in total. The van der Waals surface area contributed by atoms with Gasteiger partial charge in [-0.3, -0.25) is 0 Å². The summed E-state index contributed by atoms with van der Waals surface area (Å²) in [5.41, 5.74) is 1.94. The number of methoxy groups -OCH3 is 2. The van der Waals surface area contributed by atoms with Gasteiger partial charge in [0.2, 0.25) is 5.82 Å². The third-order valence-electron chi connectivity index (χ3n) is 5.06. The van der Waals surface area contributed by atoms with Gasteiger partial charge in [0.05, 0.1) is 42.7 Å². The summed E-state index contributed by atoms with van der Waals surface area (Å²) < 4.78 is 31.9. The normalized spacial score (nSPS) is 11.0. The monoisotopic (exact) mass is 462 g/mol. The number of carbonyl (C=O) groups excluding carboxylic acids is 1. The number of fused-ring (bicyclic) bond motifs is 1. The number of carbonyl (C=O) groups is 1. The Balaban J connectivity index is 1.39. The number of hydrogen-bond donors (Lipinski definition) is 0. The van der Waals surface area contributed by atoms with Crippen LogP contribution in [-0.4, -0.2) is 40.5 Å². The van der Waals surface area contributed by atoms with Crippen LogP contribution in [0.4, 0.5) is 0 Å². The topological polar surface area (TPSA) is 136 Å². The molecule has 4 heterocycles. The van der Waals surface area contributed by atoms with Crippen LogP contribution in [0.15, 0.2) is 56.1 Å². The highest BCUT2D eigenvalue weighted by atomic mass is 16.6. The first kappa shape index (κ1) is 21.2. The van der Waals surface area contributed by atoms with Gasteiger partial charge >= 0.3 is 5.97 Å². The van der Waals surface area contributed by atoms with Crippen molar-refractivity contribution in [3.05, 3.63) is 59.8 Å². The molecule has 0 fully saturated rings. The maximum Gasteiger partial charge on any atom is 0.339 e.